The molecule has 6 nitrogen and oxygen atoms in total. The summed E-state index contributed by atoms with van der Waals surface area (Å²) in [5.74, 6) is 2.28. The smallest absolute Gasteiger partial charge is 0.254 e. The fraction of sp³-hybridized carbons (Fsp3) is 0.360. The molecular formula is C25H28N2O4. The third kappa shape index (κ3) is 4.58. The zero-order valence-corrected chi connectivity index (χ0v) is 18.3. The van der Waals surface area contributed by atoms with E-state index in [0.717, 1.165) is 47.7 Å². The molecule has 0 unspecified atom stereocenters. The van der Waals surface area contributed by atoms with E-state index in [0.29, 0.717) is 24.5 Å². The van der Waals surface area contributed by atoms with Crippen molar-refractivity contribution in [3.05, 3.63) is 76.7 Å². The lowest BCUT2D eigenvalue weighted by Gasteiger charge is -2.25. The minimum Gasteiger partial charge on any atom is -0.494 e. The molecule has 6 heteroatoms. The van der Waals surface area contributed by atoms with Gasteiger partial charge in [0.2, 0.25) is 0 Å². The number of benzene rings is 2. The largest absolute Gasteiger partial charge is 0.494 e. The predicted molar refractivity (Wildman–Crippen MR) is 117 cm³/mol. The van der Waals surface area contributed by atoms with E-state index in [1.54, 1.807) is 0 Å². The van der Waals surface area contributed by atoms with Crippen molar-refractivity contribution in [3.8, 4) is 11.5 Å². The number of aryl methyl sites for hydroxylation is 2. The summed E-state index contributed by atoms with van der Waals surface area (Å²) >= 11 is 0. The zero-order valence-electron chi connectivity index (χ0n) is 18.3. The molecule has 1 aromatic heterocycles. The molecule has 1 aliphatic heterocycles. The van der Waals surface area contributed by atoms with Gasteiger partial charge in [-0.25, -0.2) is 0 Å². The first-order valence-electron chi connectivity index (χ1n) is 10.7. The van der Waals surface area contributed by atoms with Crippen molar-refractivity contribution in [2.45, 2.75) is 46.3 Å². The van der Waals surface area contributed by atoms with Crippen molar-refractivity contribution in [1.82, 2.24) is 10.1 Å². The summed E-state index contributed by atoms with van der Waals surface area (Å²) in [6, 6.07) is 15.5. The number of carbonyl (C=O) groups is 1. The third-order valence-corrected chi connectivity index (χ3v) is 5.73. The highest BCUT2D eigenvalue weighted by molar-refractivity contribution is 5.95. The lowest BCUT2D eigenvalue weighted by molar-refractivity contribution is 0.0735. The highest BCUT2D eigenvalue weighted by Crippen LogP contribution is 2.34. The first kappa shape index (κ1) is 21.0. The number of hydrogen-bond acceptors (Lipinski definition) is 5. The van der Waals surface area contributed by atoms with Crippen molar-refractivity contribution in [1.29, 1.82) is 0 Å². The molecule has 0 spiro atoms. The van der Waals surface area contributed by atoms with Crippen molar-refractivity contribution < 1.29 is 18.8 Å². The first-order chi connectivity index (χ1) is 15.1. The molecule has 1 amide bonds. The molecule has 162 valence electrons. The number of ether oxygens (including phenoxy) is 2. The minimum absolute atomic E-state index is 0.0270. The van der Waals surface area contributed by atoms with E-state index in [2.05, 4.69) is 17.3 Å². The van der Waals surface area contributed by atoms with Crippen LogP contribution in [0.25, 0.3) is 0 Å². The Hall–Kier alpha value is -3.28. The van der Waals surface area contributed by atoms with Crippen LogP contribution in [0.5, 0.6) is 11.5 Å². The van der Waals surface area contributed by atoms with Crippen molar-refractivity contribution in [2.24, 2.45) is 0 Å². The van der Waals surface area contributed by atoms with Gasteiger partial charge in [0, 0.05) is 12.1 Å². The summed E-state index contributed by atoms with van der Waals surface area (Å²) in [5.41, 5.74) is 3.53. The van der Waals surface area contributed by atoms with Gasteiger partial charge in [-0.1, -0.05) is 23.4 Å². The summed E-state index contributed by atoms with van der Waals surface area (Å²) in [6.07, 6.45) is 1.95. The van der Waals surface area contributed by atoms with Crippen LogP contribution in [0.2, 0.25) is 0 Å². The Kier molecular flexibility index (Phi) is 6.26. The van der Waals surface area contributed by atoms with Crippen LogP contribution < -0.4 is 9.47 Å². The van der Waals surface area contributed by atoms with Crippen molar-refractivity contribution in [3.63, 3.8) is 0 Å². The average Bonchev–Trinajstić information content (AvgIpc) is 3.40. The highest BCUT2D eigenvalue weighted by Gasteiger charge is 2.30. The fourth-order valence-electron chi connectivity index (χ4n) is 4.06. The lowest BCUT2D eigenvalue weighted by Crippen LogP contribution is -2.30. The minimum atomic E-state index is 0.0270. The molecule has 4 rings (SSSR count). The third-order valence-electron chi connectivity index (χ3n) is 5.73. The summed E-state index contributed by atoms with van der Waals surface area (Å²) in [4.78, 5) is 15.3. The van der Waals surface area contributed by atoms with Gasteiger partial charge in [0.1, 0.15) is 23.9 Å². The van der Waals surface area contributed by atoms with Gasteiger partial charge >= 0.3 is 0 Å². The van der Waals surface area contributed by atoms with Gasteiger partial charge in [0.05, 0.1) is 23.9 Å². The maximum atomic E-state index is 13.3. The summed E-state index contributed by atoms with van der Waals surface area (Å²) < 4.78 is 16.7. The van der Waals surface area contributed by atoms with Crippen LogP contribution in [0.15, 0.2) is 53.1 Å². The quantitative estimate of drug-likeness (QED) is 0.523. The van der Waals surface area contributed by atoms with Crippen LogP contribution in [0, 0.1) is 13.8 Å². The molecule has 1 aliphatic rings. The fourth-order valence-corrected chi connectivity index (χ4v) is 4.06. The van der Waals surface area contributed by atoms with Gasteiger partial charge in [-0.3, -0.25) is 4.79 Å². The van der Waals surface area contributed by atoms with Gasteiger partial charge in [-0.05, 0) is 69.5 Å². The van der Waals surface area contributed by atoms with Crippen molar-refractivity contribution >= 4 is 5.91 Å². The molecule has 1 atom stereocenters. The molecule has 0 bridgehead atoms. The second-order valence-corrected chi connectivity index (χ2v) is 7.78. The molecule has 1 saturated heterocycles. The monoisotopic (exact) mass is 420 g/mol. The molecule has 2 aromatic carbocycles. The molecule has 0 aliphatic carbocycles. The Morgan fingerprint density at radius 3 is 2.65 bits per heavy atom. The van der Waals surface area contributed by atoms with Crippen molar-refractivity contribution in [2.75, 3.05) is 13.2 Å². The van der Waals surface area contributed by atoms with E-state index < -0.39 is 0 Å². The number of likely N-dealkylation sites (tertiary alicyclic amines) is 1. The number of aromatic nitrogens is 1. The molecule has 31 heavy (non-hydrogen) atoms. The topological polar surface area (TPSA) is 64.8 Å². The van der Waals surface area contributed by atoms with Gasteiger partial charge in [-0.2, -0.15) is 0 Å². The van der Waals surface area contributed by atoms with E-state index in [1.165, 1.54) is 0 Å². The van der Waals surface area contributed by atoms with Gasteiger partial charge in [0.15, 0.2) is 0 Å². The number of rotatable bonds is 7. The highest BCUT2D eigenvalue weighted by atomic mass is 16.5. The Morgan fingerprint density at radius 1 is 1.13 bits per heavy atom. The average molecular weight is 421 g/mol. The second kappa shape index (κ2) is 9.25. The molecular weight excluding hydrogens is 392 g/mol. The molecule has 0 saturated carbocycles. The van der Waals surface area contributed by atoms with E-state index >= 15 is 0 Å². The van der Waals surface area contributed by atoms with Crippen LogP contribution in [-0.2, 0) is 6.61 Å². The number of hydrogen-bond donors (Lipinski definition) is 0. The van der Waals surface area contributed by atoms with Crippen LogP contribution in [0.4, 0.5) is 0 Å². The number of nitrogens with zero attached hydrogens (tertiary/aromatic N) is 2. The Morgan fingerprint density at radius 2 is 1.94 bits per heavy atom. The Bertz CT molecular complexity index is 1020. The van der Waals surface area contributed by atoms with Crippen LogP contribution >= 0.6 is 0 Å². The van der Waals surface area contributed by atoms with Gasteiger partial charge in [0.25, 0.3) is 5.91 Å². The number of carbonyl (C=O) groups excluding carboxylic acids is 1. The summed E-state index contributed by atoms with van der Waals surface area (Å²) in [6.45, 7) is 7.48. The van der Waals surface area contributed by atoms with Gasteiger partial charge in [-0.15, -0.1) is 0 Å². The Balaban J connectivity index is 1.47. The molecule has 0 radical (unpaired) electrons. The Labute approximate surface area is 182 Å². The van der Waals surface area contributed by atoms with E-state index in [-0.39, 0.29) is 11.9 Å². The maximum Gasteiger partial charge on any atom is 0.254 e. The number of amides is 1. The summed E-state index contributed by atoms with van der Waals surface area (Å²) in [5, 5.41) is 3.96. The van der Waals surface area contributed by atoms with Crippen LogP contribution in [0.3, 0.4) is 0 Å². The van der Waals surface area contributed by atoms with Gasteiger partial charge < -0.3 is 18.9 Å². The summed E-state index contributed by atoms with van der Waals surface area (Å²) in [7, 11) is 0. The lowest BCUT2D eigenvalue weighted by atomic mass is 10.0. The van der Waals surface area contributed by atoms with E-state index in [4.69, 9.17) is 14.0 Å². The zero-order chi connectivity index (χ0) is 21.8. The maximum absolute atomic E-state index is 13.3. The first-order valence-corrected chi connectivity index (χ1v) is 10.7. The van der Waals surface area contributed by atoms with E-state index in [1.807, 2.05) is 62.1 Å². The second-order valence-electron chi connectivity index (χ2n) is 7.78. The SMILES string of the molecule is CCOc1ccc([C@H]2CCCN2C(=O)c2cccc(OCc3c(C)noc3C)c2)cc1. The molecule has 3 aromatic rings. The van der Waals surface area contributed by atoms with Crippen LogP contribution in [-0.4, -0.2) is 29.1 Å². The van der Waals surface area contributed by atoms with E-state index in [9.17, 15) is 4.79 Å². The predicted octanol–water partition coefficient (Wildman–Crippen LogP) is 5.25. The molecule has 0 N–H and O–H groups in total. The standard InChI is InChI=1S/C25H28N2O4/c1-4-29-21-12-10-19(11-13-21)24-9-6-14-27(24)25(28)20-7-5-8-22(15-20)30-16-23-17(2)26-31-18(23)3/h5,7-8,10-13,15,24H,4,6,9,14,16H2,1-3H3/t24-/m1/s1. The van der Waals surface area contributed by atoms with Crippen LogP contribution in [0.1, 0.15) is 58.7 Å². The molecule has 1 fully saturated rings. The normalized spacial score (nSPS) is 15.8. The molecule has 2 heterocycles.